The molecule has 0 saturated carbocycles. The molecule has 0 bridgehead atoms. The molecule has 2 rings (SSSR count). The van der Waals surface area contributed by atoms with Gasteiger partial charge >= 0.3 is 0 Å². The molecule has 4 heteroatoms. The van der Waals surface area contributed by atoms with Crippen LogP contribution in [0.25, 0.3) is 0 Å². The first kappa shape index (κ1) is 14.0. The van der Waals surface area contributed by atoms with Crippen molar-refractivity contribution in [1.29, 1.82) is 0 Å². The van der Waals surface area contributed by atoms with Crippen LogP contribution in [0.15, 0.2) is 22.7 Å². The smallest absolute Gasteiger partial charge is 0.0826 e. The quantitative estimate of drug-likeness (QED) is 0.922. The van der Waals surface area contributed by atoms with Crippen LogP contribution in [-0.4, -0.2) is 44.3 Å². The largest absolute Gasteiger partial charge is 0.374 e. The van der Waals surface area contributed by atoms with E-state index in [4.69, 9.17) is 4.74 Å². The highest BCUT2D eigenvalue weighted by molar-refractivity contribution is 9.10. The molecule has 1 atom stereocenters. The number of morpholine rings is 1. The minimum atomic E-state index is 0.313. The first-order valence-corrected chi connectivity index (χ1v) is 7.22. The summed E-state index contributed by atoms with van der Waals surface area (Å²) in [6.07, 6.45) is 0.313. The van der Waals surface area contributed by atoms with Gasteiger partial charge in [-0.15, -0.1) is 0 Å². The van der Waals surface area contributed by atoms with Gasteiger partial charge in [-0.3, -0.25) is 4.90 Å². The molecule has 1 heterocycles. The third kappa shape index (κ3) is 3.79. The molecule has 0 aliphatic carbocycles. The van der Waals surface area contributed by atoms with E-state index in [0.717, 1.165) is 32.8 Å². The number of rotatable bonds is 4. The average Bonchev–Trinajstić information content (AvgIpc) is 2.34. The van der Waals surface area contributed by atoms with Gasteiger partial charge in [-0.2, -0.15) is 0 Å². The Hall–Kier alpha value is -0.420. The van der Waals surface area contributed by atoms with E-state index in [9.17, 15) is 0 Å². The number of benzene rings is 1. The van der Waals surface area contributed by atoms with Gasteiger partial charge in [0.2, 0.25) is 0 Å². The van der Waals surface area contributed by atoms with Gasteiger partial charge in [0.15, 0.2) is 0 Å². The van der Waals surface area contributed by atoms with E-state index in [2.05, 4.69) is 51.3 Å². The second kappa shape index (κ2) is 6.66. The Balaban J connectivity index is 1.96. The fourth-order valence-electron chi connectivity index (χ4n) is 2.30. The average molecular weight is 313 g/mol. The fraction of sp³-hybridized carbons (Fsp3) is 0.571. The van der Waals surface area contributed by atoms with Crippen molar-refractivity contribution in [1.82, 2.24) is 10.2 Å². The van der Waals surface area contributed by atoms with Crippen molar-refractivity contribution in [3.05, 3.63) is 33.8 Å². The number of hydrogen-bond donors (Lipinski definition) is 1. The lowest BCUT2D eigenvalue weighted by Gasteiger charge is -2.33. The van der Waals surface area contributed by atoms with Crippen molar-refractivity contribution in [2.24, 2.45) is 0 Å². The number of nitrogens with zero attached hydrogens (tertiary/aromatic N) is 1. The maximum Gasteiger partial charge on any atom is 0.0826 e. The van der Waals surface area contributed by atoms with Crippen LogP contribution in [-0.2, 0) is 11.3 Å². The molecule has 100 valence electrons. The van der Waals surface area contributed by atoms with Crippen molar-refractivity contribution in [2.45, 2.75) is 19.6 Å². The summed E-state index contributed by atoms with van der Waals surface area (Å²) in [5.74, 6) is 0. The van der Waals surface area contributed by atoms with Gasteiger partial charge in [-0.25, -0.2) is 0 Å². The van der Waals surface area contributed by atoms with Crippen LogP contribution < -0.4 is 5.32 Å². The van der Waals surface area contributed by atoms with Crippen LogP contribution >= 0.6 is 15.9 Å². The summed E-state index contributed by atoms with van der Waals surface area (Å²) in [6, 6.07) is 6.56. The van der Waals surface area contributed by atoms with Crippen molar-refractivity contribution in [2.75, 3.05) is 33.3 Å². The number of nitrogens with one attached hydrogen (secondary N) is 1. The Morgan fingerprint density at radius 3 is 3.06 bits per heavy atom. The number of hydrogen-bond acceptors (Lipinski definition) is 3. The summed E-state index contributed by atoms with van der Waals surface area (Å²) in [6.45, 7) is 6.87. The maximum atomic E-state index is 5.72. The number of aryl methyl sites for hydroxylation is 1. The SMILES string of the molecule is CNCC1CN(Cc2ccc(C)cc2Br)CCO1. The summed E-state index contributed by atoms with van der Waals surface area (Å²) >= 11 is 3.65. The molecule has 1 aromatic rings. The van der Waals surface area contributed by atoms with Crippen LogP contribution in [0.5, 0.6) is 0 Å². The zero-order valence-electron chi connectivity index (χ0n) is 11.1. The van der Waals surface area contributed by atoms with E-state index in [1.807, 2.05) is 7.05 Å². The molecule has 0 aromatic heterocycles. The Morgan fingerprint density at radius 1 is 1.50 bits per heavy atom. The van der Waals surface area contributed by atoms with Crippen molar-refractivity contribution >= 4 is 15.9 Å². The summed E-state index contributed by atoms with van der Waals surface area (Å²) < 4.78 is 6.93. The van der Waals surface area contributed by atoms with E-state index in [0.29, 0.717) is 6.10 Å². The zero-order valence-corrected chi connectivity index (χ0v) is 12.7. The third-order valence-corrected chi connectivity index (χ3v) is 4.00. The second-order valence-corrected chi connectivity index (χ2v) is 5.73. The molecule has 1 aliphatic heterocycles. The molecule has 0 spiro atoms. The number of likely N-dealkylation sites (N-methyl/N-ethyl adjacent to an activating group) is 1. The Morgan fingerprint density at radius 2 is 2.33 bits per heavy atom. The summed E-state index contributed by atoms with van der Waals surface area (Å²) in [5, 5.41) is 3.18. The predicted octanol–water partition coefficient (Wildman–Crippen LogP) is 2.18. The molecule has 1 aromatic carbocycles. The first-order valence-electron chi connectivity index (χ1n) is 6.42. The zero-order chi connectivity index (χ0) is 13.0. The first-order chi connectivity index (χ1) is 8.69. The number of ether oxygens (including phenoxy) is 1. The van der Waals surface area contributed by atoms with Crippen LogP contribution in [0.1, 0.15) is 11.1 Å². The number of halogens is 1. The minimum Gasteiger partial charge on any atom is -0.374 e. The van der Waals surface area contributed by atoms with Gasteiger partial charge in [-0.05, 0) is 31.2 Å². The van der Waals surface area contributed by atoms with Gasteiger partial charge in [0.25, 0.3) is 0 Å². The van der Waals surface area contributed by atoms with Crippen LogP contribution in [0.4, 0.5) is 0 Å². The van der Waals surface area contributed by atoms with Crippen molar-refractivity contribution < 1.29 is 4.74 Å². The highest BCUT2D eigenvalue weighted by atomic mass is 79.9. The molecule has 1 unspecified atom stereocenters. The molecule has 0 amide bonds. The normalized spacial score (nSPS) is 21.2. The van der Waals surface area contributed by atoms with Gasteiger partial charge in [0, 0.05) is 30.7 Å². The monoisotopic (exact) mass is 312 g/mol. The van der Waals surface area contributed by atoms with E-state index in [-0.39, 0.29) is 0 Å². The maximum absolute atomic E-state index is 5.72. The van der Waals surface area contributed by atoms with E-state index < -0.39 is 0 Å². The molecule has 3 nitrogen and oxygen atoms in total. The standard InChI is InChI=1S/C14H21BrN2O/c1-11-3-4-12(14(15)7-11)9-17-5-6-18-13(10-17)8-16-2/h3-4,7,13,16H,5-6,8-10H2,1-2H3. The highest BCUT2D eigenvalue weighted by Gasteiger charge is 2.20. The van der Waals surface area contributed by atoms with E-state index >= 15 is 0 Å². The van der Waals surface area contributed by atoms with Crippen LogP contribution in [0.2, 0.25) is 0 Å². The molecular formula is C14H21BrN2O. The molecule has 1 fully saturated rings. The van der Waals surface area contributed by atoms with Gasteiger partial charge in [0.05, 0.1) is 12.7 Å². The summed E-state index contributed by atoms with van der Waals surface area (Å²) in [7, 11) is 1.97. The molecule has 1 saturated heterocycles. The van der Waals surface area contributed by atoms with Crippen molar-refractivity contribution in [3.8, 4) is 0 Å². The summed E-state index contributed by atoms with van der Waals surface area (Å²) in [4.78, 5) is 2.46. The molecule has 1 N–H and O–H groups in total. The lowest BCUT2D eigenvalue weighted by atomic mass is 10.1. The molecule has 0 radical (unpaired) electrons. The lowest BCUT2D eigenvalue weighted by molar-refractivity contribution is -0.0292. The second-order valence-electron chi connectivity index (χ2n) is 4.88. The third-order valence-electron chi connectivity index (χ3n) is 3.26. The van der Waals surface area contributed by atoms with Crippen LogP contribution in [0, 0.1) is 6.92 Å². The van der Waals surface area contributed by atoms with Crippen LogP contribution in [0.3, 0.4) is 0 Å². The molecular weight excluding hydrogens is 292 g/mol. The van der Waals surface area contributed by atoms with Gasteiger partial charge in [0.1, 0.15) is 0 Å². The fourth-order valence-corrected chi connectivity index (χ4v) is 2.92. The highest BCUT2D eigenvalue weighted by Crippen LogP contribution is 2.21. The Kier molecular flexibility index (Phi) is 5.18. The summed E-state index contributed by atoms with van der Waals surface area (Å²) in [5.41, 5.74) is 2.64. The molecule has 18 heavy (non-hydrogen) atoms. The Bertz CT molecular complexity index is 395. The minimum absolute atomic E-state index is 0.313. The van der Waals surface area contributed by atoms with E-state index in [1.165, 1.54) is 15.6 Å². The predicted molar refractivity (Wildman–Crippen MR) is 77.8 cm³/mol. The van der Waals surface area contributed by atoms with E-state index in [1.54, 1.807) is 0 Å². The van der Waals surface area contributed by atoms with Gasteiger partial charge < -0.3 is 10.1 Å². The Labute approximate surface area is 118 Å². The molecule has 1 aliphatic rings. The van der Waals surface area contributed by atoms with Gasteiger partial charge in [-0.1, -0.05) is 28.1 Å². The topological polar surface area (TPSA) is 24.5 Å². The lowest BCUT2D eigenvalue weighted by Crippen LogP contribution is -2.45. The van der Waals surface area contributed by atoms with Crippen molar-refractivity contribution in [3.63, 3.8) is 0 Å².